The Bertz CT molecular complexity index is 579. The van der Waals surface area contributed by atoms with Crippen LogP contribution in [0.15, 0.2) is 24.3 Å². The number of nitrogens with zero attached hydrogens (tertiary/aromatic N) is 2. The van der Waals surface area contributed by atoms with Gasteiger partial charge in [-0.3, -0.25) is 4.90 Å². The Hall–Kier alpha value is -1.09. The van der Waals surface area contributed by atoms with Gasteiger partial charge < -0.3 is 4.90 Å². The fraction of sp³-hybridized carbons (Fsp3) is 0.714. The molecule has 0 bridgehead atoms. The molecule has 0 radical (unpaired) electrons. The van der Waals surface area contributed by atoms with Gasteiger partial charge >= 0.3 is 0 Å². The van der Waals surface area contributed by atoms with Crippen LogP contribution < -0.4 is 4.90 Å². The molecule has 1 aromatic carbocycles. The van der Waals surface area contributed by atoms with Crippen molar-refractivity contribution in [3.05, 3.63) is 30.1 Å². The molecule has 24 heavy (non-hydrogen) atoms. The summed E-state index contributed by atoms with van der Waals surface area (Å²) in [6.45, 7) is 7.13. The van der Waals surface area contributed by atoms with Crippen molar-refractivity contribution in [1.29, 1.82) is 0 Å². The van der Waals surface area contributed by atoms with Crippen molar-refractivity contribution in [2.75, 3.05) is 18.0 Å². The Morgan fingerprint density at radius 2 is 1.88 bits per heavy atom. The van der Waals surface area contributed by atoms with E-state index < -0.39 is 0 Å². The van der Waals surface area contributed by atoms with Crippen LogP contribution >= 0.6 is 0 Å². The highest BCUT2D eigenvalue weighted by Crippen LogP contribution is 2.45. The molecule has 3 heteroatoms. The lowest BCUT2D eigenvalue weighted by Gasteiger charge is -2.44. The van der Waals surface area contributed by atoms with Crippen LogP contribution in [0.1, 0.15) is 58.8 Å². The first-order valence-corrected chi connectivity index (χ1v) is 9.83. The highest BCUT2D eigenvalue weighted by Gasteiger charge is 2.48. The third-order valence-electron chi connectivity index (χ3n) is 6.65. The number of hydrogen-bond acceptors (Lipinski definition) is 2. The van der Waals surface area contributed by atoms with Crippen LogP contribution in [0, 0.1) is 11.7 Å². The monoisotopic (exact) mass is 330 g/mol. The molecule has 0 aromatic heterocycles. The molecule has 0 amide bonds. The van der Waals surface area contributed by atoms with E-state index in [-0.39, 0.29) is 11.4 Å². The van der Waals surface area contributed by atoms with Gasteiger partial charge in [-0.25, -0.2) is 4.39 Å². The van der Waals surface area contributed by atoms with E-state index in [1.54, 1.807) is 12.1 Å². The molecule has 132 valence electrons. The maximum Gasteiger partial charge on any atom is 0.125 e. The number of halogens is 1. The summed E-state index contributed by atoms with van der Waals surface area (Å²) in [5, 5.41) is 0. The summed E-state index contributed by atoms with van der Waals surface area (Å²) >= 11 is 0. The Morgan fingerprint density at radius 3 is 2.62 bits per heavy atom. The maximum absolute atomic E-state index is 13.8. The second kappa shape index (κ2) is 6.33. The van der Waals surface area contributed by atoms with Crippen molar-refractivity contribution < 1.29 is 4.39 Å². The zero-order chi connectivity index (χ0) is 16.7. The summed E-state index contributed by atoms with van der Waals surface area (Å²) in [7, 11) is 0. The maximum atomic E-state index is 13.8. The molecule has 0 N–H and O–H groups in total. The third-order valence-corrected chi connectivity index (χ3v) is 6.65. The largest absolute Gasteiger partial charge is 0.363 e. The minimum Gasteiger partial charge on any atom is -0.363 e. The first-order chi connectivity index (χ1) is 11.5. The van der Waals surface area contributed by atoms with Crippen LogP contribution in [0.4, 0.5) is 10.1 Å². The summed E-state index contributed by atoms with van der Waals surface area (Å²) in [5.74, 6) is 0.602. The highest BCUT2D eigenvalue weighted by molar-refractivity contribution is 5.52. The van der Waals surface area contributed by atoms with Crippen molar-refractivity contribution in [2.24, 2.45) is 5.92 Å². The Kier molecular flexibility index (Phi) is 4.32. The lowest BCUT2D eigenvalue weighted by Crippen LogP contribution is -2.51. The van der Waals surface area contributed by atoms with Gasteiger partial charge in [-0.1, -0.05) is 25.3 Å². The molecule has 0 unspecified atom stereocenters. The van der Waals surface area contributed by atoms with Gasteiger partial charge in [-0.15, -0.1) is 0 Å². The number of benzene rings is 1. The van der Waals surface area contributed by atoms with Crippen molar-refractivity contribution in [1.82, 2.24) is 4.90 Å². The molecule has 2 aliphatic heterocycles. The summed E-state index contributed by atoms with van der Waals surface area (Å²) in [6, 6.07) is 8.60. The van der Waals surface area contributed by atoms with Crippen LogP contribution in [0.3, 0.4) is 0 Å². The molecular formula is C21H31FN2. The van der Waals surface area contributed by atoms with Gasteiger partial charge in [0.15, 0.2) is 0 Å². The average molecular weight is 330 g/mol. The molecule has 1 aromatic rings. The zero-order valence-electron chi connectivity index (χ0n) is 15.2. The Morgan fingerprint density at radius 1 is 1.08 bits per heavy atom. The molecule has 2 nitrogen and oxygen atoms in total. The van der Waals surface area contributed by atoms with Crippen molar-refractivity contribution >= 4 is 5.69 Å². The Labute approximate surface area is 146 Å². The lowest BCUT2D eigenvalue weighted by atomic mass is 9.86. The van der Waals surface area contributed by atoms with Crippen molar-refractivity contribution in [3.8, 4) is 0 Å². The second-order valence-electron chi connectivity index (χ2n) is 8.77. The van der Waals surface area contributed by atoms with Gasteiger partial charge in [0.1, 0.15) is 5.82 Å². The van der Waals surface area contributed by atoms with Gasteiger partial charge in [0, 0.05) is 36.4 Å². The molecule has 1 aliphatic carbocycles. The van der Waals surface area contributed by atoms with E-state index in [1.807, 2.05) is 6.07 Å². The minimum atomic E-state index is -0.119. The quantitative estimate of drug-likeness (QED) is 0.766. The highest BCUT2D eigenvalue weighted by atomic mass is 19.1. The molecular weight excluding hydrogens is 299 g/mol. The van der Waals surface area contributed by atoms with Gasteiger partial charge in [0.2, 0.25) is 0 Å². The fourth-order valence-electron chi connectivity index (χ4n) is 5.72. The van der Waals surface area contributed by atoms with E-state index >= 15 is 0 Å². The van der Waals surface area contributed by atoms with E-state index in [2.05, 4.69) is 29.7 Å². The zero-order valence-corrected chi connectivity index (χ0v) is 15.2. The number of likely N-dealkylation sites (tertiary alicyclic amines) is 1. The summed E-state index contributed by atoms with van der Waals surface area (Å²) in [4.78, 5) is 5.31. The first-order valence-electron chi connectivity index (χ1n) is 9.83. The molecule has 3 aliphatic rings. The number of fused-ring (bicyclic) bond motifs is 1. The average Bonchev–Trinajstić information content (AvgIpc) is 2.84. The summed E-state index contributed by atoms with van der Waals surface area (Å²) in [5.41, 5.74) is 1.18. The normalized spacial score (nSPS) is 31.2. The van der Waals surface area contributed by atoms with E-state index in [1.165, 1.54) is 58.0 Å². The molecule has 1 saturated carbocycles. The molecule has 2 saturated heterocycles. The van der Waals surface area contributed by atoms with Crippen LogP contribution in [0.2, 0.25) is 0 Å². The standard InChI is InChI=1S/C21H31FN2/c1-21(2)14-16-15-23(18-8-4-3-5-9-18)12-11-20(16)24(21)19-10-6-7-17(22)13-19/h6-7,10,13,16,18,20H,3-5,8-9,11-12,14-15H2,1-2H3/t16-,20+/m1/s1. The third kappa shape index (κ3) is 2.96. The first kappa shape index (κ1) is 16.4. The SMILES string of the molecule is CC1(C)C[C@@H]2CN(C3CCCCC3)CC[C@@H]2N1c1cccc(F)c1. The predicted octanol–water partition coefficient (Wildman–Crippen LogP) is 4.84. The molecule has 3 fully saturated rings. The van der Waals surface area contributed by atoms with E-state index in [0.29, 0.717) is 6.04 Å². The van der Waals surface area contributed by atoms with Gasteiger partial charge in [-0.05, 0) is 63.6 Å². The molecule has 2 atom stereocenters. The van der Waals surface area contributed by atoms with Gasteiger partial charge in [0.25, 0.3) is 0 Å². The van der Waals surface area contributed by atoms with E-state index in [0.717, 1.165) is 17.6 Å². The van der Waals surface area contributed by atoms with Crippen LogP contribution in [0.5, 0.6) is 0 Å². The van der Waals surface area contributed by atoms with E-state index in [9.17, 15) is 4.39 Å². The van der Waals surface area contributed by atoms with Crippen LogP contribution in [-0.4, -0.2) is 35.6 Å². The Balaban J connectivity index is 1.53. The smallest absolute Gasteiger partial charge is 0.125 e. The number of rotatable bonds is 2. The predicted molar refractivity (Wildman–Crippen MR) is 97.9 cm³/mol. The van der Waals surface area contributed by atoms with Gasteiger partial charge in [-0.2, -0.15) is 0 Å². The van der Waals surface area contributed by atoms with Crippen molar-refractivity contribution in [2.45, 2.75) is 76.4 Å². The summed E-state index contributed by atoms with van der Waals surface area (Å²) in [6.07, 6.45) is 9.49. The van der Waals surface area contributed by atoms with Crippen LogP contribution in [-0.2, 0) is 0 Å². The number of hydrogen-bond donors (Lipinski definition) is 0. The molecule has 4 rings (SSSR count). The summed E-state index contributed by atoms with van der Waals surface area (Å²) < 4.78 is 13.8. The van der Waals surface area contributed by atoms with Crippen molar-refractivity contribution in [3.63, 3.8) is 0 Å². The number of anilines is 1. The topological polar surface area (TPSA) is 6.48 Å². The minimum absolute atomic E-state index is 0.117. The van der Waals surface area contributed by atoms with Crippen LogP contribution in [0.25, 0.3) is 0 Å². The fourth-order valence-corrected chi connectivity index (χ4v) is 5.72. The number of piperidine rings is 1. The second-order valence-corrected chi connectivity index (χ2v) is 8.77. The molecule has 2 heterocycles. The van der Waals surface area contributed by atoms with E-state index in [4.69, 9.17) is 0 Å². The lowest BCUT2D eigenvalue weighted by molar-refractivity contribution is 0.0951. The molecule has 0 spiro atoms. The van der Waals surface area contributed by atoms with Gasteiger partial charge in [0.05, 0.1) is 0 Å².